The van der Waals surface area contributed by atoms with E-state index in [0.717, 1.165) is 28.0 Å². The van der Waals surface area contributed by atoms with E-state index < -0.39 is 0 Å². The molecule has 0 unspecified atom stereocenters. The summed E-state index contributed by atoms with van der Waals surface area (Å²) in [6.45, 7) is 5.78. The van der Waals surface area contributed by atoms with Gasteiger partial charge in [0.05, 0.1) is 0 Å². The van der Waals surface area contributed by atoms with Crippen LogP contribution in [-0.4, -0.2) is 9.97 Å². The molecule has 0 saturated carbocycles. The molecular formula is C15H13ClN2O. The molecule has 0 aliphatic carbocycles. The second kappa shape index (κ2) is 4.35. The summed E-state index contributed by atoms with van der Waals surface area (Å²) < 4.78 is 5.85. The summed E-state index contributed by atoms with van der Waals surface area (Å²) in [7, 11) is 0. The summed E-state index contributed by atoms with van der Waals surface area (Å²) in [4.78, 5) is 8.57. The van der Waals surface area contributed by atoms with Crippen molar-refractivity contribution in [1.82, 2.24) is 9.97 Å². The van der Waals surface area contributed by atoms with Crippen molar-refractivity contribution in [1.29, 1.82) is 0 Å². The van der Waals surface area contributed by atoms with Gasteiger partial charge in [0.1, 0.15) is 22.3 Å². The third kappa shape index (κ3) is 2.10. The van der Waals surface area contributed by atoms with Crippen LogP contribution in [0.25, 0.3) is 22.4 Å². The van der Waals surface area contributed by atoms with E-state index in [1.807, 2.05) is 32.0 Å². The second-order valence-corrected chi connectivity index (χ2v) is 5.05. The zero-order chi connectivity index (χ0) is 13.6. The summed E-state index contributed by atoms with van der Waals surface area (Å²) in [5.74, 6) is 1.37. The Morgan fingerprint density at radius 3 is 2.63 bits per heavy atom. The molecule has 0 N–H and O–H groups in total. The first-order valence-corrected chi connectivity index (χ1v) is 6.44. The van der Waals surface area contributed by atoms with E-state index in [1.165, 1.54) is 5.56 Å². The summed E-state index contributed by atoms with van der Waals surface area (Å²) in [5.41, 5.74) is 3.65. The van der Waals surface area contributed by atoms with Crippen LogP contribution in [0.5, 0.6) is 0 Å². The molecule has 1 aromatic carbocycles. The van der Waals surface area contributed by atoms with E-state index in [0.29, 0.717) is 11.0 Å². The Morgan fingerprint density at radius 2 is 1.84 bits per heavy atom. The molecule has 19 heavy (non-hydrogen) atoms. The third-order valence-electron chi connectivity index (χ3n) is 3.10. The van der Waals surface area contributed by atoms with Crippen molar-refractivity contribution in [2.24, 2.45) is 0 Å². The molecule has 0 spiro atoms. The minimum atomic E-state index is 0.471. The van der Waals surface area contributed by atoms with Crippen molar-refractivity contribution in [2.45, 2.75) is 20.8 Å². The Hall–Kier alpha value is -1.87. The molecule has 96 valence electrons. The van der Waals surface area contributed by atoms with Crippen molar-refractivity contribution >= 4 is 22.6 Å². The maximum absolute atomic E-state index is 6.10. The first-order valence-electron chi connectivity index (χ1n) is 6.06. The van der Waals surface area contributed by atoms with E-state index in [9.17, 15) is 0 Å². The van der Waals surface area contributed by atoms with E-state index in [1.54, 1.807) is 0 Å². The molecular weight excluding hydrogens is 260 g/mol. The third-order valence-corrected chi connectivity index (χ3v) is 3.47. The molecule has 0 aliphatic heterocycles. The van der Waals surface area contributed by atoms with Crippen molar-refractivity contribution in [3.8, 4) is 11.5 Å². The zero-order valence-corrected chi connectivity index (χ0v) is 11.7. The average Bonchev–Trinajstić information content (AvgIpc) is 2.76. The van der Waals surface area contributed by atoms with Crippen molar-refractivity contribution < 1.29 is 4.42 Å². The molecule has 0 saturated heterocycles. The lowest BCUT2D eigenvalue weighted by atomic mass is 10.1. The Kier molecular flexibility index (Phi) is 2.79. The highest BCUT2D eigenvalue weighted by Gasteiger charge is 2.14. The number of hydrogen-bond acceptors (Lipinski definition) is 3. The minimum absolute atomic E-state index is 0.471. The highest BCUT2D eigenvalue weighted by molar-refractivity contribution is 6.30. The molecule has 0 amide bonds. The van der Waals surface area contributed by atoms with Crippen molar-refractivity contribution in [2.75, 3.05) is 0 Å². The fourth-order valence-corrected chi connectivity index (χ4v) is 2.33. The highest BCUT2D eigenvalue weighted by Crippen LogP contribution is 2.31. The molecule has 0 aliphatic rings. The zero-order valence-electron chi connectivity index (χ0n) is 11.0. The normalized spacial score (nSPS) is 11.2. The molecule has 0 bridgehead atoms. The standard InChI is InChI=1S/C15H13ClN2O/c1-8-4-5-12-11(6-8)7-13(19-12)14-9(2)15(16)18-10(3)17-14/h4-7H,1-3H3. The van der Waals surface area contributed by atoms with Gasteiger partial charge in [0, 0.05) is 10.9 Å². The number of halogens is 1. The lowest BCUT2D eigenvalue weighted by Crippen LogP contribution is -1.95. The Morgan fingerprint density at radius 1 is 1.05 bits per heavy atom. The largest absolute Gasteiger partial charge is 0.454 e. The summed E-state index contributed by atoms with van der Waals surface area (Å²) in [6.07, 6.45) is 0. The fraction of sp³-hybridized carbons (Fsp3) is 0.200. The first kappa shape index (κ1) is 12.2. The molecule has 0 atom stereocenters. The van der Waals surface area contributed by atoms with Crippen molar-refractivity contribution in [3.63, 3.8) is 0 Å². The van der Waals surface area contributed by atoms with Gasteiger partial charge in [-0.15, -0.1) is 0 Å². The molecule has 0 fully saturated rings. The second-order valence-electron chi connectivity index (χ2n) is 4.69. The maximum Gasteiger partial charge on any atom is 0.154 e. The smallest absolute Gasteiger partial charge is 0.154 e. The Bertz CT molecular complexity index is 777. The lowest BCUT2D eigenvalue weighted by Gasteiger charge is -2.04. The van der Waals surface area contributed by atoms with E-state index >= 15 is 0 Å². The van der Waals surface area contributed by atoms with Crippen LogP contribution in [-0.2, 0) is 0 Å². The molecule has 3 rings (SSSR count). The molecule has 4 heteroatoms. The summed E-state index contributed by atoms with van der Waals surface area (Å²) in [6, 6.07) is 8.08. The fourth-order valence-electron chi connectivity index (χ4n) is 2.11. The quantitative estimate of drug-likeness (QED) is 0.614. The average molecular weight is 273 g/mol. The monoisotopic (exact) mass is 272 g/mol. The van der Waals surface area contributed by atoms with E-state index in [2.05, 4.69) is 23.0 Å². The van der Waals surface area contributed by atoms with Gasteiger partial charge in [-0.2, -0.15) is 0 Å². The topological polar surface area (TPSA) is 38.9 Å². The van der Waals surface area contributed by atoms with Crippen LogP contribution in [0.4, 0.5) is 0 Å². The molecule has 0 radical (unpaired) electrons. The van der Waals surface area contributed by atoms with Gasteiger partial charge in [-0.1, -0.05) is 23.2 Å². The molecule has 2 heterocycles. The first-order chi connectivity index (χ1) is 9.04. The van der Waals surface area contributed by atoms with Crippen LogP contribution in [0.3, 0.4) is 0 Å². The lowest BCUT2D eigenvalue weighted by molar-refractivity contribution is 0.627. The van der Waals surface area contributed by atoms with Crippen LogP contribution < -0.4 is 0 Å². The van der Waals surface area contributed by atoms with Crippen LogP contribution >= 0.6 is 11.6 Å². The summed E-state index contributed by atoms with van der Waals surface area (Å²) >= 11 is 6.10. The highest BCUT2D eigenvalue weighted by atomic mass is 35.5. The number of nitrogens with zero attached hydrogens (tertiary/aromatic N) is 2. The van der Waals surface area contributed by atoms with Crippen LogP contribution in [0.1, 0.15) is 17.0 Å². The predicted molar refractivity (Wildman–Crippen MR) is 76.5 cm³/mol. The maximum atomic E-state index is 6.10. The molecule has 2 aromatic heterocycles. The molecule has 3 nitrogen and oxygen atoms in total. The van der Waals surface area contributed by atoms with Gasteiger partial charge in [0.2, 0.25) is 0 Å². The number of benzene rings is 1. The number of rotatable bonds is 1. The van der Waals surface area contributed by atoms with Crippen LogP contribution in [0.15, 0.2) is 28.7 Å². The predicted octanol–water partition coefficient (Wildman–Crippen LogP) is 4.47. The minimum Gasteiger partial charge on any atom is -0.454 e. The van der Waals surface area contributed by atoms with Gasteiger partial charge in [0.25, 0.3) is 0 Å². The van der Waals surface area contributed by atoms with Gasteiger partial charge >= 0.3 is 0 Å². The number of hydrogen-bond donors (Lipinski definition) is 0. The molecule has 3 aromatic rings. The van der Waals surface area contributed by atoms with E-state index in [-0.39, 0.29) is 0 Å². The van der Waals surface area contributed by atoms with E-state index in [4.69, 9.17) is 16.0 Å². The summed E-state index contributed by atoms with van der Waals surface area (Å²) in [5, 5.41) is 1.54. The number of aromatic nitrogens is 2. The van der Waals surface area contributed by atoms with Crippen LogP contribution in [0, 0.1) is 20.8 Å². The SMILES string of the molecule is Cc1ccc2oc(-c3nc(C)nc(Cl)c3C)cc2c1. The van der Waals surface area contributed by atoms with Crippen molar-refractivity contribution in [3.05, 3.63) is 46.4 Å². The Balaban J connectivity index is 2.24. The Labute approximate surface area is 116 Å². The van der Waals surface area contributed by atoms with Gasteiger partial charge in [0.15, 0.2) is 5.76 Å². The van der Waals surface area contributed by atoms with Crippen LogP contribution in [0.2, 0.25) is 5.15 Å². The number of furan rings is 1. The van der Waals surface area contributed by atoms with Gasteiger partial charge in [-0.05, 0) is 39.0 Å². The number of aryl methyl sites for hydroxylation is 2. The van der Waals surface area contributed by atoms with Gasteiger partial charge in [-0.3, -0.25) is 0 Å². The number of fused-ring (bicyclic) bond motifs is 1. The van der Waals surface area contributed by atoms with Gasteiger partial charge < -0.3 is 4.42 Å². The van der Waals surface area contributed by atoms with Gasteiger partial charge in [-0.25, -0.2) is 9.97 Å².